The Balaban J connectivity index is 0.00000205. The normalized spacial score (nSPS) is 27.2. The molecule has 2 saturated carbocycles. The lowest BCUT2D eigenvalue weighted by Crippen LogP contribution is -2.31. The predicted molar refractivity (Wildman–Crippen MR) is 106 cm³/mol. The molecule has 4 aliphatic rings. The first-order valence-corrected chi connectivity index (χ1v) is 9.81. The van der Waals surface area contributed by atoms with Crippen molar-refractivity contribution in [2.45, 2.75) is 44.7 Å². The molecular formula is C20H24ClF2N3O3. The summed E-state index contributed by atoms with van der Waals surface area (Å²) in [6, 6.07) is 1.36. The van der Waals surface area contributed by atoms with Crippen molar-refractivity contribution in [3.63, 3.8) is 0 Å². The van der Waals surface area contributed by atoms with Crippen LogP contribution in [0, 0.1) is 17.0 Å². The zero-order chi connectivity index (χ0) is 19.6. The van der Waals surface area contributed by atoms with Gasteiger partial charge in [-0.25, -0.2) is 13.6 Å². The molecule has 2 unspecified atom stereocenters. The van der Waals surface area contributed by atoms with Crippen molar-refractivity contribution in [1.82, 2.24) is 0 Å². The fourth-order valence-corrected chi connectivity index (χ4v) is 4.39. The maximum absolute atomic E-state index is 15.6. The number of rotatable bonds is 4. The molecule has 2 N–H and O–H groups in total. The van der Waals surface area contributed by atoms with Crippen LogP contribution in [0.5, 0.6) is 5.75 Å². The SMILES string of the molecule is CCOC(=O)C1=CN(C2CC2)c2c(cc(F)c(N3CCC4(CC4N)C3)c2F)O1.Cl. The number of nitrogens with two attached hydrogens (primary N) is 1. The third kappa shape index (κ3) is 3.22. The van der Waals surface area contributed by atoms with Crippen molar-refractivity contribution < 1.29 is 23.0 Å². The number of fused-ring (bicyclic) bond motifs is 1. The second kappa shape index (κ2) is 7.02. The first-order valence-electron chi connectivity index (χ1n) is 9.81. The van der Waals surface area contributed by atoms with Crippen LogP contribution in [0.4, 0.5) is 20.2 Å². The van der Waals surface area contributed by atoms with Crippen molar-refractivity contribution in [2.24, 2.45) is 11.1 Å². The van der Waals surface area contributed by atoms with Crippen molar-refractivity contribution in [1.29, 1.82) is 0 Å². The molecule has 1 aromatic carbocycles. The van der Waals surface area contributed by atoms with E-state index < -0.39 is 17.6 Å². The van der Waals surface area contributed by atoms with Gasteiger partial charge in [0.05, 0.1) is 12.8 Å². The smallest absolute Gasteiger partial charge is 0.375 e. The number of hydrogen-bond donors (Lipinski definition) is 1. The maximum atomic E-state index is 15.6. The molecule has 2 heterocycles. The van der Waals surface area contributed by atoms with E-state index in [1.54, 1.807) is 16.7 Å². The van der Waals surface area contributed by atoms with E-state index in [0.29, 0.717) is 13.1 Å². The number of anilines is 2. The van der Waals surface area contributed by atoms with Gasteiger partial charge in [-0.05, 0) is 32.6 Å². The number of esters is 1. The molecule has 1 spiro atoms. The molecule has 9 heteroatoms. The number of carbonyl (C=O) groups excluding carboxylic acids is 1. The molecule has 3 fully saturated rings. The minimum atomic E-state index is -0.691. The molecule has 6 nitrogen and oxygen atoms in total. The van der Waals surface area contributed by atoms with Gasteiger partial charge in [0.2, 0.25) is 5.76 Å². The Labute approximate surface area is 174 Å². The highest BCUT2D eigenvalue weighted by atomic mass is 35.5. The first-order chi connectivity index (χ1) is 13.4. The van der Waals surface area contributed by atoms with Gasteiger partial charge in [-0.1, -0.05) is 0 Å². The Morgan fingerprint density at radius 2 is 2.10 bits per heavy atom. The van der Waals surface area contributed by atoms with E-state index in [1.807, 2.05) is 0 Å². The van der Waals surface area contributed by atoms with Crippen LogP contribution in [-0.4, -0.2) is 37.7 Å². The highest BCUT2D eigenvalue weighted by molar-refractivity contribution is 5.89. The van der Waals surface area contributed by atoms with Crippen molar-refractivity contribution >= 4 is 29.8 Å². The first kappa shape index (κ1) is 20.2. The van der Waals surface area contributed by atoms with E-state index in [9.17, 15) is 9.18 Å². The number of nitrogens with zero attached hydrogens (tertiary/aromatic N) is 2. The molecular weight excluding hydrogens is 404 g/mol. The lowest BCUT2D eigenvalue weighted by atomic mass is 10.1. The fraction of sp³-hybridized carbons (Fsp3) is 0.550. The van der Waals surface area contributed by atoms with E-state index in [4.69, 9.17) is 15.2 Å². The summed E-state index contributed by atoms with van der Waals surface area (Å²) >= 11 is 0. The molecule has 5 rings (SSSR count). The molecule has 0 amide bonds. The molecule has 1 saturated heterocycles. The second-order valence-corrected chi connectivity index (χ2v) is 8.17. The summed E-state index contributed by atoms with van der Waals surface area (Å²) in [6.45, 7) is 3.02. The summed E-state index contributed by atoms with van der Waals surface area (Å²) in [5.74, 6) is -2.03. The van der Waals surface area contributed by atoms with Crippen molar-refractivity contribution in [3.8, 4) is 5.75 Å². The average molecular weight is 428 g/mol. The van der Waals surface area contributed by atoms with Gasteiger partial charge in [0.25, 0.3) is 0 Å². The van der Waals surface area contributed by atoms with Crippen LogP contribution in [-0.2, 0) is 9.53 Å². The third-order valence-corrected chi connectivity index (χ3v) is 6.24. The zero-order valence-corrected chi connectivity index (χ0v) is 16.9. The van der Waals surface area contributed by atoms with Gasteiger partial charge in [0.15, 0.2) is 17.4 Å². The third-order valence-electron chi connectivity index (χ3n) is 6.24. The van der Waals surface area contributed by atoms with Gasteiger partial charge in [-0.2, -0.15) is 0 Å². The van der Waals surface area contributed by atoms with E-state index in [-0.39, 0.29) is 59.4 Å². The highest BCUT2D eigenvalue weighted by Gasteiger charge is 2.56. The van der Waals surface area contributed by atoms with E-state index in [1.165, 1.54) is 12.3 Å². The van der Waals surface area contributed by atoms with Crippen molar-refractivity contribution in [3.05, 3.63) is 29.7 Å². The lowest BCUT2D eigenvalue weighted by molar-refractivity contribution is -0.141. The monoisotopic (exact) mass is 427 g/mol. The van der Waals surface area contributed by atoms with E-state index >= 15 is 4.39 Å². The molecule has 0 radical (unpaired) electrons. The number of benzene rings is 1. The van der Waals surface area contributed by atoms with Crippen LogP contribution < -0.4 is 20.3 Å². The number of carbonyl (C=O) groups is 1. The number of ether oxygens (including phenoxy) is 2. The largest absolute Gasteiger partial charge is 0.460 e. The average Bonchev–Trinajstić information content (AvgIpc) is 3.55. The van der Waals surface area contributed by atoms with Crippen LogP contribution in [0.15, 0.2) is 18.0 Å². The fourth-order valence-electron chi connectivity index (χ4n) is 4.39. The van der Waals surface area contributed by atoms with Gasteiger partial charge in [0, 0.05) is 36.7 Å². The zero-order valence-electron chi connectivity index (χ0n) is 16.1. The van der Waals surface area contributed by atoms with E-state index in [2.05, 4.69) is 0 Å². The van der Waals surface area contributed by atoms with Gasteiger partial charge < -0.3 is 25.0 Å². The molecule has 158 valence electrons. The number of hydrogen-bond acceptors (Lipinski definition) is 6. The lowest BCUT2D eigenvalue weighted by Gasteiger charge is -2.31. The van der Waals surface area contributed by atoms with Gasteiger partial charge in [0.1, 0.15) is 11.4 Å². The summed E-state index contributed by atoms with van der Waals surface area (Å²) in [5.41, 5.74) is 6.19. The molecule has 2 aliphatic heterocycles. The minimum Gasteiger partial charge on any atom is -0.460 e. The van der Waals surface area contributed by atoms with Crippen LogP contribution in [0.1, 0.15) is 32.6 Å². The number of halogens is 3. The molecule has 2 atom stereocenters. The maximum Gasteiger partial charge on any atom is 0.375 e. The predicted octanol–water partition coefficient (Wildman–Crippen LogP) is 3.08. The summed E-state index contributed by atoms with van der Waals surface area (Å²) < 4.78 is 41.0. The quantitative estimate of drug-likeness (QED) is 0.745. The topological polar surface area (TPSA) is 68.0 Å². The summed E-state index contributed by atoms with van der Waals surface area (Å²) in [6.07, 6.45) is 4.98. The minimum absolute atomic E-state index is 0. The molecule has 2 aliphatic carbocycles. The van der Waals surface area contributed by atoms with Gasteiger partial charge >= 0.3 is 5.97 Å². The van der Waals surface area contributed by atoms with Crippen molar-refractivity contribution in [2.75, 3.05) is 29.5 Å². The molecule has 1 aromatic rings. The molecule has 0 bridgehead atoms. The van der Waals surface area contributed by atoms with Crippen LogP contribution in [0.25, 0.3) is 0 Å². The Bertz CT molecular complexity index is 892. The molecule has 0 aromatic heterocycles. The Morgan fingerprint density at radius 1 is 1.38 bits per heavy atom. The Morgan fingerprint density at radius 3 is 2.69 bits per heavy atom. The standard InChI is InChI=1S/C20H23F2N3O3.ClH/c1-2-27-19(26)14-9-25(11-3-4-11)18-13(28-14)7-12(21)17(16(18)22)24-6-5-20(10-24)8-15(20)23;/h7,9,11,15H,2-6,8,10,23H2,1H3;1H. The van der Waals surface area contributed by atoms with Gasteiger partial charge in [-0.3, -0.25) is 0 Å². The summed E-state index contributed by atoms with van der Waals surface area (Å²) in [5, 5.41) is 0. The molecule has 29 heavy (non-hydrogen) atoms. The van der Waals surface area contributed by atoms with Gasteiger partial charge in [-0.15, -0.1) is 12.4 Å². The summed E-state index contributed by atoms with van der Waals surface area (Å²) in [4.78, 5) is 15.6. The highest BCUT2D eigenvalue weighted by Crippen LogP contribution is 2.54. The van der Waals surface area contributed by atoms with Crippen LogP contribution in [0.2, 0.25) is 0 Å². The Hall–Kier alpha value is -2.06. The Kier molecular flexibility index (Phi) is 4.90. The van der Waals surface area contributed by atoms with Crippen LogP contribution in [0.3, 0.4) is 0 Å². The van der Waals surface area contributed by atoms with E-state index in [0.717, 1.165) is 25.7 Å². The van der Waals surface area contributed by atoms with Crippen LogP contribution >= 0.6 is 12.4 Å². The summed E-state index contributed by atoms with van der Waals surface area (Å²) in [7, 11) is 0. The second-order valence-electron chi connectivity index (χ2n) is 8.17.